The number of carbonyl (C=O) groups is 4. The molecule has 3 N–H and O–H groups in total. The van der Waals surface area contributed by atoms with Gasteiger partial charge < -0.3 is 29.0 Å². The van der Waals surface area contributed by atoms with Crippen molar-refractivity contribution in [2.24, 2.45) is 5.92 Å². The van der Waals surface area contributed by atoms with Crippen molar-refractivity contribution in [1.82, 2.24) is 13.7 Å². The number of carboxylic acid groups (broad SMARTS) is 3. The highest BCUT2D eigenvalue weighted by Gasteiger charge is 2.32. The summed E-state index contributed by atoms with van der Waals surface area (Å²) in [7, 11) is -9.50. The standard InChI is InChI=1S/C25H25NO5S.C21H21NO4S.C20H18N2O6S/c1-15-20(11-16-3-7-24-19(10-16)8-9-32(24,30)31)21-12-17(13-23(27)18-4-5-18)2-6-22(21)26(15)14-25(28)29;1-13-3-5-17-18(14(2)22(12-21(23)24)19(17)9-13)11-15-4-6-20-16(10-15)7-8-27(20,25)26;1-12-16(9-13-2-5-19-14(8-13)6-7-29(19,27)28)17-10-15(22(25)26)3-4-18(17)21(12)11-20(23)24/h2-3,6-7,10,12,18H,4-5,8-9,11,13-14H2,1H3,(H,28,29);3-6,9-10H,7-8,11-12H2,1-2H3,(H,23,24);2-5,8,10H,6-7,9,11H2,1H3,(H,23,24). The predicted molar refractivity (Wildman–Crippen MR) is 331 cm³/mol. The fourth-order valence-electron chi connectivity index (χ4n) is 12.9. The highest BCUT2D eigenvalue weighted by Crippen LogP contribution is 2.37. The molecule has 3 aliphatic heterocycles. The minimum Gasteiger partial charge on any atom is -0.480 e. The lowest BCUT2D eigenvalue weighted by Crippen LogP contribution is -2.10. The number of carboxylic acids is 3. The Bertz CT molecular complexity index is 4820. The maximum absolute atomic E-state index is 12.3. The summed E-state index contributed by atoms with van der Waals surface area (Å²) in [4.78, 5) is 58.4. The summed E-state index contributed by atoms with van der Waals surface area (Å²) >= 11 is 0. The van der Waals surface area contributed by atoms with Gasteiger partial charge in [0, 0.05) is 74.3 Å². The first-order chi connectivity index (χ1) is 41.7. The van der Waals surface area contributed by atoms with Crippen LogP contribution in [0.2, 0.25) is 0 Å². The number of non-ortho nitro benzene ring substituents is 1. The molecule has 0 spiro atoms. The van der Waals surface area contributed by atoms with Gasteiger partial charge in [0.15, 0.2) is 29.5 Å². The van der Waals surface area contributed by atoms with Crippen LogP contribution in [0.1, 0.15) is 91.1 Å². The highest BCUT2D eigenvalue weighted by molar-refractivity contribution is 7.92. The van der Waals surface area contributed by atoms with Crippen LogP contribution in [0.15, 0.2) is 124 Å². The largest absolute Gasteiger partial charge is 0.480 e. The van der Waals surface area contributed by atoms with Crippen molar-refractivity contribution >= 4 is 91.6 Å². The van der Waals surface area contributed by atoms with Crippen LogP contribution in [-0.2, 0) is 113 Å². The molecule has 0 saturated heterocycles. The summed E-state index contributed by atoms with van der Waals surface area (Å²) in [6.45, 7) is 7.20. The molecule has 19 nitrogen and oxygen atoms in total. The number of hydrogen-bond donors (Lipinski definition) is 3. The van der Waals surface area contributed by atoms with Gasteiger partial charge in [-0.3, -0.25) is 29.3 Å². The number of nitrogens with zero attached hydrogens (tertiary/aromatic N) is 4. The smallest absolute Gasteiger partial charge is 0.323 e. The lowest BCUT2D eigenvalue weighted by molar-refractivity contribution is -0.384. The summed E-state index contributed by atoms with van der Waals surface area (Å²) < 4.78 is 77.7. The van der Waals surface area contributed by atoms with Crippen molar-refractivity contribution < 1.29 is 64.7 Å². The van der Waals surface area contributed by atoms with Crippen molar-refractivity contribution in [1.29, 1.82) is 0 Å². The molecule has 0 atom stereocenters. The van der Waals surface area contributed by atoms with Crippen LogP contribution in [0.4, 0.5) is 5.69 Å². The number of benzene rings is 6. The molecule has 0 bridgehead atoms. The van der Waals surface area contributed by atoms with Crippen molar-refractivity contribution in [2.75, 3.05) is 17.3 Å². The Kier molecular flexibility index (Phi) is 16.2. The van der Waals surface area contributed by atoms with E-state index in [0.29, 0.717) is 70.5 Å². The van der Waals surface area contributed by atoms with E-state index in [4.69, 9.17) is 0 Å². The van der Waals surface area contributed by atoms with Crippen molar-refractivity contribution in [3.8, 4) is 0 Å². The molecule has 0 amide bonds. The minimum absolute atomic E-state index is 0.0636. The maximum Gasteiger partial charge on any atom is 0.323 e. The van der Waals surface area contributed by atoms with Gasteiger partial charge in [-0.15, -0.1) is 0 Å². The summed E-state index contributed by atoms with van der Waals surface area (Å²) in [6, 6.07) is 32.6. The molecular weight excluding hydrogens is 1180 g/mol. The van der Waals surface area contributed by atoms with Crippen LogP contribution in [0.25, 0.3) is 32.7 Å². The van der Waals surface area contributed by atoms with Crippen molar-refractivity contribution in [2.45, 2.75) is 120 Å². The number of hydrogen-bond acceptors (Lipinski definition) is 12. The van der Waals surface area contributed by atoms with E-state index in [1.807, 2.05) is 92.1 Å². The van der Waals surface area contributed by atoms with E-state index in [0.717, 1.165) is 113 Å². The van der Waals surface area contributed by atoms with Gasteiger partial charge >= 0.3 is 17.9 Å². The van der Waals surface area contributed by atoms with Gasteiger partial charge in [0.2, 0.25) is 0 Å². The predicted octanol–water partition coefficient (Wildman–Crippen LogP) is 9.60. The van der Waals surface area contributed by atoms with Gasteiger partial charge in [-0.2, -0.15) is 0 Å². The van der Waals surface area contributed by atoms with Crippen LogP contribution in [0.5, 0.6) is 0 Å². The maximum atomic E-state index is 12.3. The summed E-state index contributed by atoms with van der Waals surface area (Å²) in [5, 5.41) is 41.8. The van der Waals surface area contributed by atoms with Crippen molar-refractivity contribution in [3.05, 3.63) is 198 Å². The SMILES string of the molecule is Cc1c(Cc2ccc3c(c2)CCS3(=O)=O)c2cc(CC(=O)C3CC3)ccc2n1CC(=O)O.Cc1c(Cc2ccc3c(c2)CCS3(=O)=O)c2cc([N+](=O)[O-])ccc2n1CC(=O)O.Cc1ccc2c(Cc3ccc4c(c3)CCS4(=O)=O)c(C)n(CC(=O)O)c2c1. The Morgan fingerprint density at radius 3 is 1.27 bits per heavy atom. The fourth-order valence-corrected chi connectivity index (χ4v) is 17.5. The zero-order valence-electron chi connectivity index (χ0n) is 48.8. The number of sulfone groups is 3. The molecule has 9 aromatic rings. The van der Waals surface area contributed by atoms with Gasteiger partial charge in [0.1, 0.15) is 25.4 Å². The van der Waals surface area contributed by atoms with Gasteiger partial charge in [-0.25, -0.2) is 25.3 Å². The van der Waals surface area contributed by atoms with Gasteiger partial charge in [-0.1, -0.05) is 54.6 Å². The summed E-state index contributed by atoms with van der Waals surface area (Å²) in [5.41, 5.74) is 15.2. The molecule has 0 unspecified atom stereocenters. The number of aromatic nitrogens is 3. The Labute approximate surface area is 507 Å². The lowest BCUT2D eigenvalue weighted by atomic mass is 9.98. The molecule has 456 valence electrons. The minimum atomic E-state index is -3.21. The van der Waals surface area contributed by atoms with E-state index >= 15 is 0 Å². The summed E-state index contributed by atoms with van der Waals surface area (Å²) in [5.74, 6) is -1.87. The third-order valence-electron chi connectivity index (χ3n) is 17.5. The number of aryl methyl sites for hydroxylation is 4. The molecule has 0 radical (unpaired) electrons. The van der Waals surface area contributed by atoms with Crippen LogP contribution < -0.4 is 0 Å². The zero-order valence-corrected chi connectivity index (χ0v) is 51.3. The molecule has 6 aromatic carbocycles. The van der Waals surface area contributed by atoms with Crippen LogP contribution in [-0.4, -0.2) is 100 Å². The van der Waals surface area contributed by atoms with E-state index in [-0.39, 0.29) is 54.3 Å². The van der Waals surface area contributed by atoms with E-state index in [1.54, 1.807) is 46.4 Å². The van der Waals surface area contributed by atoms with Crippen molar-refractivity contribution in [3.63, 3.8) is 0 Å². The molecule has 1 aliphatic carbocycles. The lowest BCUT2D eigenvalue weighted by Gasteiger charge is -2.07. The van der Waals surface area contributed by atoms with E-state index < -0.39 is 52.3 Å². The number of nitro benzene ring substituents is 1. The van der Waals surface area contributed by atoms with Crippen LogP contribution in [0, 0.1) is 43.7 Å². The Hall–Kier alpha value is -8.73. The normalized spacial score (nSPS) is 15.7. The quantitative estimate of drug-likeness (QED) is 0.0599. The molecular formula is C66H64N4O15S3. The Balaban J connectivity index is 0.000000137. The average molecular weight is 1250 g/mol. The topological polar surface area (TPSA) is 289 Å². The Morgan fingerprint density at radius 1 is 0.477 bits per heavy atom. The number of fused-ring (bicyclic) bond motifs is 6. The van der Waals surface area contributed by atoms with Crippen LogP contribution >= 0.6 is 0 Å². The number of aliphatic carboxylic acids is 3. The second kappa shape index (κ2) is 23.4. The number of Topliss-reactive ketones (excluding diaryl/α,β-unsaturated/α-hetero) is 1. The molecule has 6 heterocycles. The number of ketones is 1. The number of nitro groups is 1. The fraction of sp³-hybridized carbons (Fsp3) is 0.303. The molecule has 22 heteroatoms. The first kappa shape index (κ1) is 60.9. The van der Waals surface area contributed by atoms with E-state index in [2.05, 4.69) is 0 Å². The zero-order chi connectivity index (χ0) is 62.9. The van der Waals surface area contributed by atoms with Crippen LogP contribution in [0.3, 0.4) is 0 Å². The van der Waals surface area contributed by atoms with E-state index in [1.165, 1.54) is 12.1 Å². The van der Waals surface area contributed by atoms with Gasteiger partial charge in [-0.05, 0) is 183 Å². The molecule has 88 heavy (non-hydrogen) atoms. The Morgan fingerprint density at radius 2 is 0.864 bits per heavy atom. The first-order valence-electron chi connectivity index (χ1n) is 28.8. The monoisotopic (exact) mass is 1250 g/mol. The second-order valence-electron chi connectivity index (χ2n) is 23.4. The average Bonchev–Trinajstić information content (AvgIpc) is 1.80. The number of carbonyl (C=O) groups excluding carboxylic acids is 1. The highest BCUT2D eigenvalue weighted by atomic mass is 32.2. The molecule has 13 rings (SSSR count). The molecule has 1 fully saturated rings. The third-order valence-corrected chi connectivity index (χ3v) is 22.9. The molecule has 1 saturated carbocycles. The number of rotatable bonds is 16. The summed E-state index contributed by atoms with van der Waals surface area (Å²) in [6.07, 6.45) is 5.56. The first-order valence-corrected chi connectivity index (χ1v) is 33.8. The van der Waals surface area contributed by atoms with E-state index in [9.17, 15) is 69.9 Å². The molecule has 3 aromatic heterocycles. The second-order valence-corrected chi connectivity index (χ2v) is 29.7. The van der Waals surface area contributed by atoms with Gasteiger partial charge in [0.25, 0.3) is 5.69 Å². The molecule has 4 aliphatic rings. The third kappa shape index (κ3) is 12.2. The van der Waals surface area contributed by atoms with Gasteiger partial charge in [0.05, 0.1) is 36.9 Å².